The first-order valence-electron chi connectivity index (χ1n) is 9.28. The summed E-state index contributed by atoms with van der Waals surface area (Å²) in [5.41, 5.74) is 2.91. The first-order chi connectivity index (χ1) is 12.8. The zero-order valence-electron chi connectivity index (χ0n) is 15.1. The second-order valence-corrected chi connectivity index (χ2v) is 6.45. The Morgan fingerprint density at radius 1 is 1.27 bits per heavy atom. The van der Waals surface area contributed by atoms with Gasteiger partial charge in [0, 0.05) is 30.5 Å². The molecule has 0 radical (unpaired) electrons. The van der Waals surface area contributed by atoms with Crippen LogP contribution in [0.5, 0.6) is 5.75 Å². The molecule has 1 aromatic carbocycles. The number of nitrogens with one attached hydrogen (secondary N) is 2. The summed E-state index contributed by atoms with van der Waals surface area (Å²) in [5.74, 6) is 1.71. The Morgan fingerprint density at radius 3 is 3.00 bits per heavy atom. The van der Waals surface area contributed by atoms with Crippen molar-refractivity contribution in [3.05, 3.63) is 24.5 Å². The van der Waals surface area contributed by atoms with E-state index in [4.69, 9.17) is 9.47 Å². The summed E-state index contributed by atoms with van der Waals surface area (Å²) in [6, 6.07) is 6.04. The molecule has 0 spiro atoms. The van der Waals surface area contributed by atoms with E-state index in [9.17, 15) is 0 Å². The summed E-state index contributed by atoms with van der Waals surface area (Å²) in [7, 11) is 0. The fourth-order valence-corrected chi connectivity index (χ4v) is 3.40. The van der Waals surface area contributed by atoms with E-state index in [0.29, 0.717) is 6.61 Å². The number of morpholine rings is 1. The minimum atomic E-state index is 0.652. The molecular formula is C19H25N5O2. The van der Waals surface area contributed by atoms with E-state index in [1.807, 2.05) is 25.1 Å². The maximum Gasteiger partial charge on any atom is 0.153 e. The highest BCUT2D eigenvalue weighted by Crippen LogP contribution is 2.30. The van der Waals surface area contributed by atoms with Gasteiger partial charge in [-0.05, 0) is 38.1 Å². The van der Waals surface area contributed by atoms with E-state index < -0.39 is 0 Å². The fraction of sp³-hybridized carbons (Fsp3) is 0.474. The number of hydrogen-bond acceptors (Lipinski definition) is 6. The summed E-state index contributed by atoms with van der Waals surface area (Å²) in [4.78, 5) is 14.8. The molecule has 0 bridgehead atoms. The Bertz CT molecular complexity index is 873. The molecule has 0 amide bonds. The number of aromatic nitrogens is 3. The van der Waals surface area contributed by atoms with Gasteiger partial charge in [0.2, 0.25) is 0 Å². The molecule has 7 heteroatoms. The van der Waals surface area contributed by atoms with Gasteiger partial charge in [0.25, 0.3) is 0 Å². The van der Waals surface area contributed by atoms with Crippen LogP contribution in [0.25, 0.3) is 21.9 Å². The smallest absolute Gasteiger partial charge is 0.153 e. The topological polar surface area (TPSA) is 75.3 Å². The first kappa shape index (κ1) is 17.1. The predicted molar refractivity (Wildman–Crippen MR) is 103 cm³/mol. The van der Waals surface area contributed by atoms with Gasteiger partial charge in [0.1, 0.15) is 23.1 Å². The molecule has 1 fully saturated rings. The summed E-state index contributed by atoms with van der Waals surface area (Å²) in [6.45, 7) is 8.35. The second-order valence-electron chi connectivity index (χ2n) is 6.45. The van der Waals surface area contributed by atoms with Crippen molar-refractivity contribution in [2.24, 2.45) is 0 Å². The van der Waals surface area contributed by atoms with Crippen molar-refractivity contribution in [2.45, 2.75) is 13.3 Å². The Balaban J connectivity index is 1.47. The standard InChI is InChI=1S/C19H25N5O2/c1-2-26-14-4-5-16-15(12-14)17-18(23-16)19(22-13-21-17)20-6-3-7-24-8-10-25-11-9-24/h4-5,12-13,23H,2-3,6-11H2,1H3,(H,20,21,22). The maximum absolute atomic E-state index is 5.61. The van der Waals surface area contributed by atoms with Gasteiger partial charge in [0.15, 0.2) is 5.82 Å². The van der Waals surface area contributed by atoms with Gasteiger partial charge in [-0.25, -0.2) is 9.97 Å². The Morgan fingerprint density at radius 2 is 2.15 bits per heavy atom. The third-order valence-electron chi connectivity index (χ3n) is 4.71. The highest BCUT2D eigenvalue weighted by molar-refractivity contribution is 6.08. The van der Waals surface area contributed by atoms with Crippen LogP contribution in [0.4, 0.5) is 5.82 Å². The van der Waals surface area contributed by atoms with E-state index in [2.05, 4.69) is 25.2 Å². The molecule has 0 atom stereocenters. The molecule has 1 aliphatic rings. The summed E-state index contributed by atoms with van der Waals surface area (Å²) in [5, 5.41) is 4.52. The van der Waals surface area contributed by atoms with Crippen molar-refractivity contribution in [3.8, 4) is 5.75 Å². The van der Waals surface area contributed by atoms with Gasteiger partial charge in [-0.1, -0.05) is 0 Å². The summed E-state index contributed by atoms with van der Waals surface area (Å²) >= 11 is 0. The number of hydrogen-bond donors (Lipinski definition) is 2. The number of ether oxygens (including phenoxy) is 2. The largest absolute Gasteiger partial charge is 0.494 e. The van der Waals surface area contributed by atoms with Crippen LogP contribution < -0.4 is 10.1 Å². The quantitative estimate of drug-likeness (QED) is 0.635. The molecule has 0 saturated carbocycles. The molecule has 4 rings (SSSR count). The number of nitrogens with zero attached hydrogens (tertiary/aromatic N) is 3. The van der Waals surface area contributed by atoms with Crippen LogP contribution in [0.15, 0.2) is 24.5 Å². The number of benzene rings is 1. The summed E-state index contributed by atoms with van der Waals surface area (Å²) in [6.07, 6.45) is 2.69. The Hall–Kier alpha value is -2.38. The average Bonchev–Trinajstić information content (AvgIpc) is 3.05. The van der Waals surface area contributed by atoms with E-state index in [1.54, 1.807) is 6.33 Å². The van der Waals surface area contributed by atoms with E-state index in [1.165, 1.54) is 0 Å². The van der Waals surface area contributed by atoms with Gasteiger partial charge in [0.05, 0.1) is 19.8 Å². The lowest BCUT2D eigenvalue weighted by atomic mass is 10.2. The lowest BCUT2D eigenvalue weighted by molar-refractivity contribution is 0.0378. The van der Waals surface area contributed by atoms with E-state index >= 15 is 0 Å². The molecule has 26 heavy (non-hydrogen) atoms. The SMILES string of the molecule is CCOc1ccc2[nH]c3c(NCCCN4CCOCC4)ncnc3c2c1. The Labute approximate surface area is 152 Å². The second kappa shape index (κ2) is 7.88. The van der Waals surface area contributed by atoms with Gasteiger partial charge in [-0.15, -0.1) is 0 Å². The number of aromatic amines is 1. The number of rotatable bonds is 7. The predicted octanol–water partition coefficient (Wildman–Crippen LogP) is 2.64. The minimum absolute atomic E-state index is 0.652. The van der Waals surface area contributed by atoms with Gasteiger partial charge in [-0.2, -0.15) is 0 Å². The zero-order valence-corrected chi connectivity index (χ0v) is 15.1. The normalized spacial score (nSPS) is 15.6. The van der Waals surface area contributed by atoms with Crippen LogP contribution in [-0.2, 0) is 4.74 Å². The highest BCUT2D eigenvalue weighted by Gasteiger charge is 2.12. The minimum Gasteiger partial charge on any atom is -0.494 e. The van der Waals surface area contributed by atoms with E-state index in [0.717, 1.165) is 79.3 Å². The van der Waals surface area contributed by atoms with Gasteiger partial charge >= 0.3 is 0 Å². The number of anilines is 1. The number of H-pyrrole nitrogens is 1. The van der Waals surface area contributed by atoms with Crippen LogP contribution in [0.2, 0.25) is 0 Å². The third-order valence-corrected chi connectivity index (χ3v) is 4.71. The van der Waals surface area contributed by atoms with Crippen LogP contribution in [0, 0.1) is 0 Å². The summed E-state index contributed by atoms with van der Waals surface area (Å²) < 4.78 is 11.0. The first-order valence-corrected chi connectivity index (χ1v) is 9.28. The highest BCUT2D eigenvalue weighted by atomic mass is 16.5. The molecule has 3 heterocycles. The van der Waals surface area contributed by atoms with Crippen molar-refractivity contribution >= 4 is 27.8 Å². The Kier molecular flexibility index (Phi) is 5.17. The van der Waals surface area contributed by atoms with Crippen molar-refractivity contribution in [3.63, 3.8) is 0 Å². The van der Waals surface area contributed by atoms with Gasteiger partial charge in [-0.3, -0.25) is 4.90 Å². The van der Waals surface area contributed by atoms with Crippen LogP contribution in [-0.4, -0.2) is 65.9 Å². The number of fused-ring (bicyclic) bond motifs is 3. The lowest BCUT2D eigenvalue weighted by Gasteiger charge is -2.26. The zero-order chi connectivity index (χ0) is 17.8. The fourth-order valence-electron chi connectivity index (χ4n) is 3.40. The maximum atomic E-state index is 5.61. The van der Waals surface area contributed by atoms with Crippen molar-refractivity contribution < 1.29 is 9.47 Å². The molecule has 1 saturated heterocycles. The molecule has 7 nitrogen and oxygen atoms in total. The molecular weight excluding hydrogens is 330 g/mol. The van der Waals surface area contributed by atoms with Crippen LogP contribution in [0.1, 0.15) is 13.3 Å². The van der Waals surface area contributed by atoms with Crippen molar-refractivity contribution in [2.75, 3.05) is 51.3 Å². The van der Waals surface area contributed by atoms with Crippen molar-refractivity contribution in [1.82, 2.24) is 19.9 Å². The van der Waals surface area contributed by atoms with Crippen LogP contribution >= 0.6 is 0 Å². The molecule has 2 aromatic heterocycles. The van der Waals surface area contributed by atoms with Gasteiger partial charge < -0.3 is 19.8 Å². The molecule has 0 unspecified atom stereocenters. The molecule has 1 aliphatic heterocycles. The lowest BCUT2D eigenvalue weighted by Crippen LogP contribution is -2.37. The third kappa shape index (κ3) is 3.59. The molecule has 138 valence electrons. The van der Waals surface area contributed by atoms with E-state index in [-0.39, 0.29) is 0 Å². The van der Waals surface area contributed by atoms with Crippen molar-refractivity contribution in [1.29, 1.82) is 0 Å². The monoisotopic (exact) mass is 355 g/mol. The average molecular weight is 355 g/mol. The molecule has 0 aliphatic carbocycles. The van der Waals surface area contributed by atoms with Crippen LogP contribution in [0.3, 0.4) is 0 Å². The molecule has 3 aromatic rings. The molecule has 2 N–H and O–H groups in total.